The average molecular weight is 361 g/mol. The number of likely N-dealkylation sites (N-methyl/N-ethyl adjacent to an activating group) is 1. The largest absolute Gasteiger partial charge is 0.384 e. The monoisotopic (exact) mass is 361 g/mol. The molecule has 4 heteroatoms. The molecule has 4 nitrogen and oxygen atoms in total. The fourth-order valence-corrected chi connectivity index (χ4v) is 5.26. The smallest absolute Gasteiger partial charge is 0.105 e. The Balaban J connectivity index is 1.69. The predicted molar refractivity (Wildman–Crippen MR) is 108 cm³/mol. The van der Waals surface area contributed by atoms with Gasteiger partial charge in [0.1, 0.15) is 5.60 Å². The minimum Gasteiger partial charge on any atom is -0.384 e. The Morgan fingerprint density at radius 1 is 1.19 bits per heavy atom. The van der Waals surface area contributed by atoms with Crippen LogP contribution >= 0.6 is 0 Å². The zero-order valence-corrected chi connectivity index (χ0v) is 16.3. The summed E-state index contributed by atoms with van der Waals surface area (Å²) in [4.78, 5) is 6.66. The van der Waals surface area contributed by atoms with Gasteiger partial charge in [0.25, 0.3) is 0 Å². The van der Waals surface area contributed by atoms with E-state index < -0.39 is 5.60 Å². The summed E-state index contributed by atoms with van der Waals surface area (Å²) in [5, 5.41) is 12.7. The van der Waals surface area contributed by atoms with Gasteiger partial charge in [-0.2, -0.15) is 0 Å². The lowest BCUT2D eigenvalue weighted by Gasteiger charge is -2.33. The highest BCUT2D eigenvalue weighted by Crippen LogP contribution is 2.47. The maximum absolute atomic E-state index is 11.3. The molecule has 0 spiro atoms. The molecule has 3 atom stereocenters. The van der Waals surface area contributed by atoms with Crippen molar-refractivity contribution in [1.82, 2.24) is 14.5 Å². The lowest BCUT2D eigenvalue weighted by atomic mass is 9.95. The number of aromatic nitrogens is 2. The van der Waals surface area contributed by atoms with E-state index in [1.165, 1.54) is 40.6 Å². The van der Waals surface area contributed by atoms with Crippen molar-refractivity contribution < 1.29 is 5.11 Å². The van der Waals surface area contributed by atoms with Crippen molar-refractivity contribution in [2.45, 2.75) is 57.3 Å². The number of hydrogen-bond donors (Lipinski definition) is 1. The molecular formula is C23H27N3O. The Hall–Kier alpha value is -2.17. The fraction of sp³-hybridized carbons (Fsp3) is 0.435. The molecular weight excluding hydrogens is 334 g/mol. The molecule has 2 aliphatic heterocycles. The van der Waals surface area contributed by atoms with Crippen LogP contribution in [0.15, 0.2) is 42.7 Å². The summed E-state index contributed by atoms with van der Waals surface area (Å²) in [6.07, 6.45) is 7.09. The summed E-state index contributed by atoms with van der Waals surface area (Å²) in [5.74, 6) is 0. The summed E-state index contributed by atoms with van der Waals surface area (Å²) in [7, 11) is 2.28. The van der Waals surface area contributed by atoms with Crippen LogP contribution in [0.1, 0.15) is 48.2 Å². The van der Waals surface area contributed by atoms with Gasteiger partial charge >= 0.3 is 0 Å². The average Bonchev–Trinajstić information content (AvgIpc) is 3.06. The Morgan fingerprint density at radius 3 is 2.74 bits per heavy atom. The number of aryl methyl sites for hydroxylation is 1. The van der Waals surface area contributed by atoms with Gasteiger partial charge in [0.15, 0.2) is 0 Å². The highest BCUT2D eigenvalue weighted by atomic mass is 16.3. The number of benzene rings is 1. The molecule has 0 amide bonds. The van der Waals surface area contributed by atoms with Crippen LogP contribution in [-0.4, -0.2) is 32.6 Å². The van der Waals surface area contributed by atoms with Gasteiger partial charge in [-0.05, 0) is 69.1 Å². The number of fused-ring (bicyclic) bond motifs is 6. The summed E-state index contributed by atoms with van der Waals surface area (Å²) < 4.78 is 2.39. The van der Waals surface area contributed by atoms with Gasteiger partial charge in [0.05, 0.1) is 6.54 Å². The van der Waals surface area contributed by atoms with Gasteiger partial charge < -0.3 is 9.67 Å². The lowest BCUT2D eigenvalue weighted by Crippen LogP contribution is -2.36. The van der Waals surface area contributed by atoms with E-state index in [4.69, 9.17) is 0 Å². The second-order valence-corrected chi connectivity index (χ2v) is 8.59. The lowest BCUT2D eigenvalue weighted by molar-refractivity contribution is 0.0381. The number of pyridine rings is 1. The SMILES string of the molecule is Cc1ccc2c(c1)c1c(n2CC(C)(O)c2ccncc2)CC2CCC1N2C. The molecule has 140 valence electrons. The molecule has 3 unspecified atom stereocenters. The minimum atomic E-state index is -0.935. The van der Waals surface area contributed by atoms with E-state index in [1.807, 2.05) is 19.1 Å². The molecule has 1 N–H and O–H groups in total. The van der Waals surface area contributed by atoms with Gasteiger partial charge in [-0.25, -0.2) is 0 Å². The van der Waals surface area contributed by atoms with Gasteiger partial charge in [-0.3, -0.25) is 9.88 Å². The molecule has 2 aromatic heterocycles. The quantitative estimate of drug-likeness (QED) is 0.768. The van der Waals surface area contributed by atoms with Gasteiger partial charge in [0, 0.05) is 47.5 Å². The molecule has 5 rings (SSSR count). The molecule has 27 heavy (non-hydrogen) atoms. The van der Waals surface area contributed by atoms with E-state index in [0.717, 1.165) is 12.0 Å². The molecule has 2 bridgehead atoms. The number of aliphatic hydroxyl groups is 1. The Morgan fingerprint density at radius 2 is 1.96 bits per heavy atom. The van der Waals surface area contributed by atoms with Crippen molar-refractivity contribution >= 4 is 10.9 Å². The van der Waals surface area contributed by atoms with Crippen molar-refractivity contribution in [2.24, 2.45) is 0 Å². The number of nitrogens with zero attached hydrogens (tertiary/aromatic N) is 3. The van der Waals surface area contributed by atoms with E-state index in [0.29, 0.717) is 18.6 Å². The zero-order valence-electron chi connectivity index (χ0n) is 16.3. The second kappa shape index (κ2) is 5.91. The second-order valence-electron chi connectivity index (χ2n) is 8.59. The molecule has 0 radical (unpaired) electrons. The number of rotatable bonds is 3. The van der Waals surface area contributed by atoms with Crippen LogP contribution in [0, 0.1) is 6.92 Å². The highest BCUT2D eigenvalue weighted by molar-refractivity contribution is 5.87. The van der Waals surface area contributed by atoms with Crippen molar-refractivity contribution in [2.75, 3.05) is 7.05 Å². The van der Waals surface area contributed by atoms with Crippen LogP contribution < -0.4 is 0 Å². The van der Waals surface area contributed by atoms with Crippen LogP contribution in [0.2, 0.25) is 0 Å². The standard InChI is InChI=1S/C23H27N3O/c1-15-4-6-19-18(12-15)22-20-7-5-17(25(20)3)13-21(22)26(19)14-23(2,27)16-8-10-24-11-9-16/h4,6,8-12,17,20,27H,5,7,13-14H2,1-3H3. The Kier molecular flexibility index (Phi) is 3.72. The van der Waals surface area contributed by atoms with Crippen molar-refractivity contribution in [3.63, 3.8) is 0 Å². The van der Waals surface area contributed by atoms with Crippen molar-refractivity contribution in [3.05, 3.63) is 65.1 Å². The normalized spacial score (nSPS) is 24.1. The highest BCUT2D eigenvalue weighted by Gasteiger charge is 2.41. The van der Waals surface area contributed by atoms with E-state index in [2.05, 4.69) is 46.6 Å². The third-order valence-corrected chi connectivity index (χ3v) is 6.74. The van der Waals surface area contributed by atoms with Crippen LogP contribution in [0.3, 0.4) is 0 Å². The molecule has 2 aliphatic rings. The van der Waals surface area contributed by atoms with Crippen LogP contribution in [0.4, 0.5) is 0 Å². The zero-order chi connectivity index (χ0) is 18.8. The molecule has 0 aliphatic carbocycles. The first-order valence-electron chi connectivity index (χ1n) is 9.92. The van der Waals surface area contributed by atoms with Gasteiger partial charge in [-0.1, -0.05) is 11.6 Å². The van der Waals surface area contributed by atoms with Crippen LogP contribution in [-0.2, 0) is 18.6 Å². The van der Waals surface area contributed by atoms with Crippen LogP contribution in [0.5, 0.6) is 0 Å². The maximum Gasteiger partial charge on any atom is 0.105 e. The molecule has 3 aromatic rings. The topological polar surface area (TPSA) is 41.3 Å². The van der Waals surface area contributed by atoms with E-state index in [-0.39, 0.29) is 0 Å². The van der Waals surface area contributed by atoms with Gasteiger partial charge in [-0.15, -0.1) is 0 Å². The van der Waals surface area contributed by atoms with Crippen molar-refractivity contribution in [1.29, 1.82) is 0 Å². The minimum absolute atomic E-state index is 0.509. The summed E-state index contributed by atoms with van der Waals surface area (Å²) in [6, 6.07) is 11.7. The fourth-order valence-electron chi connectivity index (χ4n) is 5.26. The summed E-state index contributed by atoms with van der Waals surface area (Å²) in [5.41, 5.74) is 5.45. The molecule has 1 fully saturated rings. The van der Waals surface area contributed by atoms with Crippen LogP contribution in [0.25, 0.3) is 10.9 Å². The molecule has 1 aromatic carbocycles. The first kappa shape index (κ1) is 17.0. The van der Waals surface area contributed by atoms with Crippen molar-refractivity contribution in [3.8, 4) is 0 Å². The van der Waals surface area contributed by atoms with E-state index in [9.17, 15) is 5.11 Å². The third-order valence-electron chi connectivity index (χ3n) is 6.74. The third kappa shape index (κ3) is 2.54. The van der Waals surface area contributed by atoms with E-state index >= 15 is 0 Å². The van der Waals surface area contributed by atoms with Gasteiger partial charge in [0.2, 0.25) is 0 Å². The number of hydrogen-bond acceptors (Lipinski definition) is 3. The molecule has 0 saturated carbocycles. The molecule has 1 saturated heterocycles. The summed E-state index contributed by atoms with van der Waals surface area (Å²) >= 11 is 0. The first-order chi connectivity index (χ1) is 13.0. The molecule has 4 heterocycles. The predicted octanol–water partition coefficient (Wildman–Crippen LogP) is 3.94. The van der Waals surface area contributed by atoms with E-state index in [1.54, 1.807) is 12.4 Å². The Bertz CT molecular complexity index is 1010. The summed E-state index contributed by atoms with van der Waals surface area (Å²) in [6.45, 7) is 4.65. The first-order valence-corrected chi connectivity index (χ1v) is 9.92. The Labute approximate surface area is 160 Å². The maximum atomic E-state index is 11.3.